The smallest absolute Gasteiger partial charge is 0.347 e. The number of rotatable bonds is 1. The van der Waals surface area contributed by atoms with Gasteiger partial charge in [-0.1, -0.05) is 50.6 Å². The van der Waals surface area contributed by atoms with Crippen LogP contribution in [0.4, 0.5) is 0 Å². The highest BCUT2D eigenvalue weighted by Gasteiger charge is 2.20. The zero-order valence-corrected chi connectivity index (χ0v) is 13.3. The van der Waals surface area contributed by atoms with Gasteiger partial charge in [-0.05, 0) is 36.1 Å². The van der Waals surface area contributed by atoms with Crippen LogP contribution in [0.3, 0.4) is 0 Å². The number of hydrogen-bond acceptors (Lipinski definition) is 3. The molecule has 0 saturated heterocycles. The van der Waals surface area contributed by atoms with Gasteiger partial charge in [0, 0.05) is 5.56 Å². The highest BCUT2D eigenvalue weighted by atomic mass is 16.4. The van der Waals surface area contributed by atoms with Crippen LogP contribution in [0.2, 0.25) is 0 Å². The molecule has 0 aliphatic carbocycles. The first kappa shape index (κ1) is 14.5. The van der Waals surface area contributed by atoms with Gasteiger partial charge in [0.2, 0.25) is 5.89 Å². The van der Waals surface area contributed by atoms with E-state index in [4.69, 9.17) is 4.42 Å². The molecule has 0 spiro atoms. The molecule has 0 aliphatic rings. The second-order valence-electron chi connectivity index (χ2n) is 6.62. The van der Waals surface area contributed by atoms with Gasteiger partial charge in [0.15, 0.2) is 0 Å². The number of fused-ring (bicyclic) bond motifs is 1. The Bertz CT molecular complexity index is 901. The summed E-state index contributed by atoms with van der Waals surface area (Å²) in [6, 6.07) is 13.6. The first-order chi connectivity index (χ1) is 10.4. The van der Waals surface area contributed by atoms with Crippen LogP contribution < -0.4 is 5.63 Å². The number of hydrogen-bond donors (Lipinski definition) is 0. The van der Waals surface area contributed by atoms with Gasteiger partial charge in [-0.3, -0.25) is 0 Å². The normalized spacial score (nSPS) is 11.8. The highest BCUT2D eigenvalue weighted by Crippen LogP contribution is 2.32. The molecule has 0 N–H and O–H groups in total. The molecule has 1 heterocycles. The second-order valence-corrected chi connectivity index (χ2v) is 6.62. The van der Waals surface area contributed by atoms with Gasteiger partial charge in [-0.25, -0.2) is 9.78 Å². The van der Waals surface area contributed by atoms with E-state index in [1.807, 2.05) is 43.3 Å². The minimum atomic E-state index is -0.340. The molecule has 0 amide bonds. The lowest BCUT2D eigenvalue weighted by molar-refractivity contribution is 0.513. The van der Waals surface area contributed by atoms with Gasteiger partial charge in [0.1, 0.15) is 0 Å². The lowest BCUT2D eigenvalue weighted by Crippen LogP contribution is -2.13. The second kappa shape index (κ2) is 5.09. The maximum absolute atomic E-state index is 12.3. The molecule has 0 fully saturated rings. The van der Waals surface area contributed by atoms with Crippen molar-refractivity contribution in [3.63, 3.8) is 0 Å². The zero-order valence-electron chi connectivity index (χ0n) is 13.3. The Morgan fingerprint density at radius 3 is 2.50 bits per heavy atom. The quantitative estimate of drug-likeness (QED) is 0.665. The van der Waals surface area contributed by atoms with Crippen molar-refractivity contribution >= 4 is 10.9 Å². The minimum Gasteiger partial charge on any atom is -0.403 e. The standard InChI is InChI=1S/C19H19NO2/c1-12-9-10-16-14(11-12)18(21)22-17(20-16)13-7-5-6-8-15(13)19(2,3)4/h5-11H,1-4H3. The molecule has 0 atom stereocenters. The lowest BCUT2D eigenvalue weighted by Gasteiger charge is -2.21. The van der Waals surface area contributed by atoms with E-state index in [-0.39, 0.29) is 11.0 Å². The van der Waals surface area contributed by atoms with Crippen molar-refractivity contribution in [2.24, 2.45) is 0 Å². The van der Waals surface area contributed by atoms with Crippen molar-refractivity contribution in [3.05, 3.63) is 64.0 Å². The fraction of sp³-hybridized carbons (Fsp3) is 0.263. The van der Waals surface area contributed by atoms with Gasteiger partial charge in [-0.15, -0.1) is 0 Å². The summed E-state index contributed by atoms with van der Waals surface area (Å²) in [5.41, 5.74) is 3.27. The predicted molar refractivity (Wildman–Crippen MR) is 89.2 cm³/mol. The molecule has 0 aliphatic heterocycles. The molecular formula is C19H19NO2. The van der Waals surface area contributed by atoms with E-state index in [0.717, 1.165) is 16.7 Å². The summed E-state index contributed by atoms with van der Waals surface area (Å²) in [5.74, 6) is 0.381. The van der Waals surface area contributed by atoms with E-state index < -0.39 is 0 Å². The molecule has 0 radical (unpaired) electrons. The van der Waals surface area contributed by atoms with Gasteiger partial charge >= 0.3 is 5.63 Å². The van der Waals surface area contributed by atoms with Crippen molar-refractivity contribution < 1.29 is 4.42 Å². The van der Waals surface area contributed by atoms with Crippen LogP contribution >= 0.6 is 0 Å². The zero-order chi connectivity index (χ0) is 15.9. The van der Waals surface area contributed by atoms with Crippen LogP contribution in [0.1, 0.15) is 31.9 Å². The van der Waals surface area contributed by atoms with Crippen LogP contribution in [-0.4, -0.2) is 4.98 Å². The van der Waals surface area contributed by atoms with Crippen molar-refractivity contribution in [2.75, 3.05) is 0 Å². The summed E-state index contributed by atoms with van der Waals surface area (Å²) < 4.78 is 5.50. The Balaban J connectivity index is 2.29. The molecule has 1 aromatic heterocycles. The SMILES string of the molecule is Cc1ccc2nc(-c3ccccc3C(C)(C)C)oc(=O)c2c1. The molecule has 3 aromatic rings. The van der Waals surface area contributed by atoms with Crippen LogP contribution in [-0.2, 0) is 5.41 Å². The first-order valence-electron chi connectivity index (χ1n) is 7.37. The third kappa shape index (κ3) is 2.54. The summed E-state index contributed by atoms with van der Waals surface area (Å²) in [6.45, 7) is 8.35. The van der Waals surface area contributed by atoms with Crippen molar-refractivity contribution in [1.29, 1.82) is 0 Å². The van der Waals surface area contributed by atoms with E-state index in [9.17, 15) is 4.79 Å². The van der Waals surface area contributed by atoms with Crippen molar-refractivity contribution in [3.8, 4) is 11.5 Å². The van der Waals surface area contributed by atoms with Gasteiger partial charge < -0.3 is 4.42 Å². The maximum atomic E-state index is 12.3. The maximum Gasteiger partial charge on any atom is 0.347 e. The summed E-state index contributed by atoms with van der Waals surface area (Å²) in [4.78, 5) is 16.8. The van der Waals surface area contributed by atoms with Crippen LogP contribution in [0.5, 0.6) is 0 Å². The molecule has 3 nitrogen and oxygen atoms in total. The highest BCUT2D eigenvalue weighted by molar-refractivity contribution is 5.79. The predicted octanol–water partition coefficient (Wildman–Crippen LogP) is 4.46. The number of aryl methyl sites for hydroxylation is 1. The number of nitrogens with zero attached hydrogens (tertiary/aromatic N) is 1. The third-order valence-electron chi connectivity index (χ3n) is 3.75. The molecule has 3 rings (SSSR count). The Hall–Kier alpha value is -2.42. The molecule has 3 heteroatoms. The molecule has 0 unspecified atom stereocenters. The van der Waals surface area contributed by atoms with E-state index in [2.05, 4.69) is 31.8 Å². The van der Waals surface area contributed by atoms with E-state index in [0.29, 0.717) is 16.8 Å². The van der Waals surface area contributed by atoms with E-state index in [1.54, 1.807) is 0 Å². The van der Waals surface area contributed by atoms with Crippen LogP contribution in [0.15, 0.2) is 51.7 Å². The Labute approximate surface area is 129 Å². The summed E-state index contributed by atoms with van der Waals surface area (Å²) in [6.07, 6.45) is 0. The van der Waals surface area contributed by atoms with Crippen LogP contribution in [0.25, 0.3) is 22.4 Å². The van der Waals surface area contributed by atoms with Crippen molar-refractivity contribution in [2.45, 2.75) is 33.1 Å². The van der Waals surface area contributed by atoms with E-state index in [1.165, 1.54) is 0 Å². The topological polar surface area (TPSA) is 43.1 Å². The van der Waals surface area contributed by atoms with Gasteiger partial charge in [0.25, 0.3) is 0 Å². The monoisotopic (exact) mass is 293 g/mol. The summed E-state index contributed by atoms with van der Waals surface area (Å²) >= 11 is 0. The molecule has 2 aromatic carbocycles. The Morgan fingerprint density at radius 1 is 1.05 bits per heavy atom. The number of aromatic nitrogens is 1. The first-order valence-corrected chi connectivity index (χ1v) is 7.37. The molecular weight excluding hydrogens is 274 g/mol. The van der Waals surface area contributed by atoms with Crippen molar-refractivity contribution in [1.82, 2.24) is 4.98 Å². The average Bonchev–Trinajstić information content (AvgIpc) is 2.47. The summed E-state index contributed by atoms with van der Waals surface area (Å²) in [7, 11) is 0. The minimum absolute atomic E-state index is 0.0565. The fourth-order valence-electron chi connectivity index (χ4n) is 2.62. The molecule has 0 saturated carbocycles. The summed E-state index contributed by atoms with van der Waals surface area (Å²) in [5, 5.41) is 0.525. The van der Waals surface area contributed by atoms with Gasteiger partial charge in [-0.2, -0.15) is 0 Å². The molecule has 0 bridgehead atoms. The molecule has 22 heavy (non-hydrogen) atoms. The Kier molecular flexibility index (Phi) is 3.36. The Morgan fingerprint density at radius 2 is 1.77 bits per heavy atom. The third-order valence-corrected chi connectivity index (χ3v) is 3.75. The molecule has 112 valence electrons. The average molecular weight is 293 g/mol. The number of benzene rings is 2. The van der Waals surface area contributed by atoms with E-state index >= 15 is 0 Å². The largest absolute Gasteiger partial charge is 0.403 e. The lowest BCUT2D eigenvalue weighted by atomic mass is 9.84. The van der Waals surface area contributed by atoms with Crippen LogP contribution in [0, 0.1) is 6.92 Å². The fourth-order valence-corrected chi connectivity index (χ4v) is 2.62. The van der Waals surface area contributed by atoms with Gasteiger partial charge in [0.05, 0.1) is 10.9 Å².